The number of rotatable bonds is 7. The lowest BCUT2D eigenvalue weighted by Crippen LogP contribution is -2.52. The lowest BCUT2D eigenvalue weighted by Gasteiger charge is -2.48. The van der Waals surface area contributed by atoms with Gasteiger partial charge in [-0.1, -0.05) is 42.8 Å². The van der Waals surface area contributed by atoms with Crippen molar-refractivity contribution in [3.63, 3.8) is 0 Å². The van der Waals surface area contributed by atoms with Crippen LogP contribution in [0.4, 0.5) is 5.69 Å². The van der Waals surface area contributed by atoms with Gasteiger partial charge in [-0.15, -0.1) is 0 Å². The molecule has 0 spiro atoms. The largest absolute Gasteiger partial charge is 0.332 e. The van der Waals surface area contributed by atoms with Gasteiger partial charge in [0.1, 0.15) is 6.29 Å². The maximum Gasteiger partial charge on any atom is 0.264 e. The summed E-state index contributed by atoms with van der Waals surface area (Å²) in [5.74, 6) is 0.0496. The van der Waals surface area contributed by atoms with Crippen molar-refractivity contribution in [3.8, 4) is 0 Å². The normalized spacial score (nSPS) is 24.5. The highest BCUT2D eigenvalue weighted by atomic mass is 32.2. The summed E-state index contributed by atoms with van der Waals surface area (Å²) in [5.41, 5.74) is 1.58. The highest BCUT2D eigenvalue weighted by molar-refractivity contribution is 7.92. The number of para-hydroxylation sites is 1. The summed E-state index contributed by atoms with van der Waals surface area (Å²) in [6.07, 6.45) is 5.76. The van der Waals surface area contributed by atoms with Gasteiger partial charge in [-0.2, -0.15) is 0 Å². The molecule has 3 aliphatic rings. The van der Waals surface area contributed by atoms with Crippen LogP contribution in [0.2, 0.25) is 0 Å². The van der Waals surface area contributed by atoms with Gasteiger partial charge in [-0.3, -0.25) is 9.10 Å². The fraction of sp³-hybridized carbons (Fsp3) is 0.440. The summed E-state index contributed by atoms with van der Waals surface area (Å²) >= 11 is 0. The van der Waals surface area contributed by atoms with Crippen LogP contribution in [0.15, 0.2) is 59.5 Å². The second-order valence-electron chi connectivity index (χ2n) is 9.02. The summed E-state index contributed by atoms with van der Waals surface area (Å²) in [4.78, 5) is 26.4. The van der Waals surface area contributed by atoms with Crippen molar-refractivity contribution in [2.75, 3.05) is 4.31 Å². The Kier molecular flexibility index (Phi) is 5.53. The van der Waals surface area contributed by atoms with E-state index in [1.54, 1.807) is 28.6 Å². The van der Waals surface area contributed by atoms with Crippen molar-refractivity contribution in [1.82, 2.24) is 4.90 Å². The molecule has 6 nitrogen and oxygen atoms in total. The van der Waals surface area contributed by atoms with Crippen LogP contribution in [0.1, 0.15) is 56.6 Å². The number of sulfonamides is 1. The second kappa shape index (κ2) is 8.35. The summed E-state index contributed by atoms with van der Waals surface area (Å²) < 4.78 is 29.2. The first-order valence-corrected chi connectivity index (χ1v) is 12.9. The number of carbonyl (C=O) groups excluding carboxylic acids is 2. The zero-order valence-corrected chi connectivity index (χ0v) is 18.8. The Labute approximate surface area is 189 Å². The Morgan fingerprint density at radius 1 is 1.00 bits per heavy atom. The molecule has 0 saturated heterocycles. The van der Waals surface area contributed by atoms with Crippen molar-refractivity contribution in [3.05, 3.63) is 60.2 Å². The van der Waals surface area contributed by atoms with E-state index < -0.39 is 10.0 Å². The van der Waals surface area contributed by atoms with Crippen molar-refractivity contribution < 1.29 is 18.0 Å². The number of hydrogen-bond donors (Lipinski definition) is 0. The van der Waals surface area contributed by atoms with Gasteiger partial charge < -0.3 is 9.69 Å². The van der Waals surface area contributed by atoms with E-state index in [-0.39, 0.29) is 42.8 Å². The lowest BCUT2D eigenvalue weighted by molar-refractivity contribution is -0.136. The van der Waals surface area contributed by atoms with Gasteiger partial charge in [0, 0.05) is 24.8 Å². The quantitative estimate of drug-likeness (QED) is 0.594. The summed E-state index contributed by atoms with van der Waals surface area (Å²) in [6.45, 7) is 0. The van der Waals surface area contributed by atoms with Crippen molar-refractivity contribution in [2.45, 2.75) is 68.0 Å². The average molecular weight is 453 g/mol. The van der Waals surface area contributed by atoms with E-state index in [4.69, 9.17) is 0 Å². The predicted octanol–water partition coefficient (Wildman–Crippen LogP) is 4.08. The van der Waals surface area contributed by atoms with Crippen LogP contribution < -0.4 is 4.31 Å². The molecule has 2 fully saturated rings. The second-order valence-corrected chi connectivity index (χ2v) is 10.8. The molecule has 2 aliphatic carbocycles. The number of fused-ring (bicyclic) bond motifs is 2. The molecule has 3 atom stereocenters. The molecule has 1 heterocycles. The van der Waals surface area contributed by atoms with Crippen LogP contribution >= 0.6 is 0 Å². The Balaban J connectivity index is 1.63. The molecule has 7 heteroatoms. The third-order valence-electron chi connectivity index (χ3n) is 7.04. The highest BCUT2D eigenvalue weighted by Crippen LogP contribution is 2.53. The maximum atomic E-state index is 13.8. The molecule has 2 saturated carbocycles. The smallest absolute Gasteiger partial charge is 0.264 e. The van der Waals surface area contributed by atoms with E-state index in [1.807, 2.05) is 35.2 Å². The molecule has 0 aromatic heterocycles. The highest BCUT2D eigenvalue weighted by Gasteiger charge is 2.52. The minimum atomic E-state index is -3.73. The van der Waals surface area contributed by atoms with Gasteiger partial charge in [-0.25, -0.2) is 8.42 Å². The standard InChI is InChI=1S/C25H28N2O4S/c28-17-7-14-24(29)26(18-15-16-18)25-20-10-4-5-12-22(20)27(23-13-6-11-21(23)25)32(30,31)19-8-2-1-3-9-19/h1-5,8-10,12,17-18,21,23,25H,6-7,11,13-16H2. The number of aldehydes is 1. The summed E-state index contributed by atoms with van der Waals surface area (Å²) in [5, 5.41) is 0. The zero-order chi connectivity index (χ0) is 22.3. The lowest BCUT2D eigenvalue weighted by atomic mass is 9.82. The molecule has 0 bridgehead atoms. The zero-order valence-electron chi connectivity index (χ0n) is 18.0. The molecule has 0 radical (unpaired) electrons. The molecule has 2 aromatic carbocycles. The fourth-order valence-corrected chi connectivity index (χ4v) is 7.37. The van der Waals surface area contributed by atoms with E-state index in [0.29, 0.717) is 10.6 Å². The van der Waals surface area contributed by atoms with Crippen LogP contribution in [0.3, 0.4) is 0 Å². The topological polar surface area (TPSA) is 74.8 Å². The van der Waals surface area contributed by atoms with Crippen LogP contribution in [0, 0.1) is 5.92 Å². The van der Waals surface area contributed by atoms with Gasteiger partial charge in [0.25, 0.3) is 10.0 Å². The maximum absolute atomic E-state index is 13.8. The molecule has 1 amide bonds. The third-order valence-corrected chi connectivity index (χ3v) is 8.89. The van der Waals surface area contributed by atoms with Gasteiger partial charge in [0.05, 0.1) is 22.7 Å². The van der Waals surface area contributed by atoms with Crippen LogP contribution in [-0.4, -0.2) is 37.6 Å². The van der Waals surface area contributed by atoms with Gasteiger partial charge >= 0.3 is 0 Å². The predicted molar refractivity (Wildman–Crippen MR) is 122 cm³/mol. The van der Waals surface area contributed by atoms with Gasteiger partial charge in [-0.05, 0) is 49.4 Å². The summed E-state index contributed by atoms with van der Waals surface area (Å²) in [6, 6.07) is 16.1. The van der Waals surface area contributed by atoms with E-state index >= 15 is 0 Å². The Hall–Kier alpha value is -2.67. The third kappa shape index (κ3) is 3.52. The molecule has 3 unspecified atom stereocenters. The van der Waals surface area contributed by atoms with Crippen molar-refractivity contribution in [2.24, 2.45) is 5.92 Å². The van der Waals surface area contributed by atoms with Crippen LogP contribution in [0.25, 0.3) is 0 Å². The molecular formula is C25H28N2O4S. The van der Waals surface area contributed by atoms with E-state index in [0.717, 1.165) is 44.0 Å². The molecule has 1 aliphatic heterocycles. The SMILES string of the molecule is O=CCCC(=O)N(C1CC1)C1c2ccccc2N(S(=O)(=O)c2ccccc2)C2CCCC12. The summed E-state index contributed by atoms with van der Waals surface area (Å²) in [7, 11) is -3.73. The fourth-order valence-electron chi connectivity index (χ4n) is 5.60. The van der Waals surface area contributed by atoms with Crippen LogP contribution in [-0.2, 0) is 19.6 Å². The minimum Gasteiger partial charge on any atom is -0.332 e. The van der Waals surface area contributed by atoms with Crippen LogP contribution in [0.5, 0.6) is 0 Å². The number of amides is 1. The van der Waals surface area contributed by atoms with Gasteiger partial charge in [0.2, 0.25) is 5.91 Å². The first-order chi connectivity index (χ1) is 15.5. The first-order valence-electron chi connectivity index (χ1n) is 11.5. The Morgan fingerprint density at radius 2 is 1.72 bits per heavy atom. The number of carbonyl (C=O) groups is 2. The van der Waals surface area contributed by atoms with Crippen molar-refractivity contribution >= 4 is 27.9 Å². The first kappa shape index (κ1) is 21.2. The molecule has 0 N–H and O–H groups in total. The molecule has 168 valence electrons. The van der Waals surface area contributed by atoms with Gasteiger partial charge in [0.15, 0.2) is 0 Å². The minimum absolute atomic E-state index is 0.00409. The molecule has 2 aromatic rings. The van der Waals surface area contributed by atoms with E-state index in [9.17, 15) is 18.0 Å². The van der Waals surface area contributed by atoms with E-state index in [1.165, 1.54) is 0 Å². The Morgan fingerprint density at radius 3 is 2.44 bits per heavy atom. The number of anilines is 1. The molecule has 5 rings (SSSR count). The van der Waals surface area contributed by atoms with E-state index in [2.05, 4.69) is 0 Å². The Bertz CT molecular complexity index is 1110. The average Bonchev–Trinajstić information content (AvgIpc) is 3.53. The number of nitrogens with zero attached hydrogens (tertiary/aromatic N) is 2. The number of benzene rings is 2. The molecular weight excluding hydrogens is 424 g/mol. The van der Waals surface area contributed by atoms with Crippen molar-refractivity contribution in [1.29, 1.82) is 0 Å². The monoisotopic (exact) mass is 452 g/mol. The molecule has 32 heavy (non-hydrogen) atoms. The number of hydrogen-bond acceptors (Lipinski definition) is 4.